The van der Waals surface area contributed by atoms with Gasteiger partial charge in [0.05, 0.1) is 20.8 Å². The summed E-state index contributed by atoms with van der Waals surface area (Å²) in [6, 6.07) is 3.33. The van der Waals surface area contributed by atoms with Crippen molar-refractivity contribution in [1.29, 1.82) is 0 Å². The van der Waals surface area contributed by atoms with Crippen molar-refractivity contribution in [3.05, 3.63) is 30.1 Å². The molecular weight excluding hydrogens is 352 g/mol. The summed E-state index contributed by atoms with van der Waals surface area (Å²) in [6.07, 6.45) is 4.89. The Hall–Kier alpha value is -2.58. The molecule has 1 aliphatic heterocycles. The van der Waals surface area contributed by atoms with Crippen molar-refractivity contribution in [2.75, 3.05) is 34.0 Å². The number of carboxylic acids is 1. The van der Waals surface area contributed by atoms with E-state index in [9.17, 15) is 15.0 Å². The van der Waals surface area contributed by atoms with E-state index in [1.165, 1.54) is 14.2 Å². The zero-order chi connectivity index (χ0) is 19.4. The molecule has 0 unspecified atom stereocenters. The van der Waals surface area contributed by atoms with Gasteiger partial charge in [-0.05, 0) is 25.0 Å². The van der Waals surface area contributed by atoms with Gasteiger partial charge in [0.15, 0.2) is 11.5 Å². The minimum atomic E-state index is -1.13. The number of benzene rings is 1. The minimum absolute atomic E-state index is 0.00525. The molecule has 0 spiro atoms. The van der Waals surface area contributed by atoms with Crippen molar-refractivity contribution >= 4 is 5.97 Å². The van der Waals surface area contributed by atoms with E-state index >= 15 is 0 Å². The molecule has 0 amide bonds. The Morgan fingerprint density at radius 2 is 2.04 bits per heavy atom. The van der Waals surface area contributed by atoms with Crippen LogP contribution in [0.25, 0.3) is 11.4 Å². The van der Waals surface area contributed by atoms with Gasteiger partial charge in [0.1, 0.15) is 11.4 Å². The van der Waals surface area contributed by atoms with Crippen LogP contribution in [-0.4, -0.2) is 59.8 Å². The first-order chi connectivity index (χ1) is 13.0. The summed E-state index contributed by atoms with van der Waals surface area (Å²) in [4.78, 5) is 16.3. The lowest BCUT2D eigenvalue weighted by Crippen LogP contribution is -2.37. The molecular formula is C19H24N2O6. The van der Waals surface area contributed by atoms with Crippen LogP contribution in [0.5, 0.6) is 11.5 Å². The van der Waals surface area contributed by atoms with Gasteiger partial charge in [0, 0.05) is 43.1 Å². The Balaban J connectivity index is 2.06. The molecule has 8 nitrogen and oxygen atoms in total. The highest BCUT2D eigenvalue weighted by atomic mass is 16.5. The van der Waals surface area contributed by atoms with E-state index in [-0.39, 0.29) is 23.3 Å². The van der Waals surface area contributed by atoms with Crippen LogP contribution in [0.3, 0.4) is 0 Å². The number of ether oxygens (including phenoxy) is 3. The molecule has 0 atom stereocenters. The maximum absolute atomic E-state index is 12.0. The Morgan fingerprint density at radius 1 is 1.30 bits per heavy atom. The van der Waals surface area contributed by atoms with Gasteiger partial charge in [-0.2, -0.15) is 0 Å². The average molecular weight is 376 g/mol. The highest BCUT2D eigenvalue weighted by Crippen LogP contribution is 2.39. The van der Waals surface area contributed by atoms with Crippen molar-refractivity contribution in [2.24, 2.45) is 5.41 Å². The topological polar surface area (TPSA) is 103 Å². The molecule has 0 saturated carbocycles. The Morgan fingerprint density at radius 3 is 2.63 bits per heavy atom. The van der Waals surface area contributed by atoms with E-state index in [0.717, 1.165) is 12.8 Å². The Kier molecular flexibility index (Phi) is 5.67. The third kappa shape index (κ3) is 3.63. The van der Waals surface area contributed by atoms with Gasteiger partial charge in [-0.1, -0.05) is 0 Å². The lowest BCUT2D eigenvalue weighted by atomic mass is 9.81. The number of hydrogen-bond acceptors (Lipinski definition) is 6. The van der Waals surface area contributed by atoms with Crippen LogP contribution < -0.4 is 9.47 Å². The molecule has 0 bridgehead atoms. The van der Waals surface area contributed by atoms with Crippen molar-refractivity contribution in [1.82, 2.24) is 9.55 Å². The van der Waals surface area contributed by atoms with Crippen molar-refractivity contribution in [2.45, 2.75) is 19.4 Å². The van der Waals surface area contributed by atoms with Gasteiger partial charge < -0.3 is 29.0 Å². The summed E-state index contributed by atoms with van der Waals surface area (Å²) in [7, 11) is 2.86. The number of imidazole rings is 1. The number of aliphatic hydroxyl groups is 1. The number of methoxy groups -OCH3 is 2. The van der Waals surface area contributed by atoms with Crippen LogP contribution in [0.4, 0.5) is 0 Å². The first kappa shape index (κ1) is 19.2. The third-order valence-electron chi connectivity index (χ3n) is 5.11. The maximum Gasteiger partial charge on any atom is 0.340 e. The highest BCUT2D eigenvalue weighted by Gasteiger charge is 2.34. The molecule has 8 heteroatoms. The number of aliphatic hydroxyl groups excluding tert-OH is 1. The SMILES string of the molecule is COc1ccc(-c2nccn2CC2(CO)CCOCC2)c(C(=O)O)c1OC. The molecule has 2 aromatic rings. The smallest absolute Gasteiger partial charge is 0.340 e. The number of carbonyl (C=O) groups is 1. The fourth-order valence-electron chi connectivity index (χ4n) is 3.54. The Labute approximate surface area is 157 Å². The van der Waals surface area contributed by atoms with Gasteiger partial charge in [0.2, 0.25) is 0 Å². The van der Waals surface area contributed by atoms with Crippen molar-refractivity contribution < 1.29 is 29.2 Å². The predicted octanol–water partition coefficient (Wildman–Crippen LogP) is 2.05. The van der Waals surface area contributed by atoms with Gasteiger partial charge >= 0.3 is 5.97 Å². The fraction of sp³-hybridized carbons (Fsp3) is 0.474. The summed E-state index contributed by atoms with van der Waals surface area (Å²) < 4.78 is 17.8. The number of carboxylic acid groups (broad SMARTS) is 1. The summed E-state index contributed by atoms with van der Waals surface area (Å²) in [5.41, 5.74) is 0.118. The number of aromatic carboxylic acids is 1. The molecule has 1 aromatic heterocycles. The van der Waals surface area contributed by atoms with Crippen LogP contribution in [0.1, 0.15) is 23.2 Å². The monoisotopic (exact) mass is 376 g/mol. The van der Waals surface area contributed by atoms with E-state index < -0.39 is 5.97 Å². The van der Waals surface area contributed by atoms with Crippen LogP contribution in [0.15, 0.2) is 24.5 Å². The van der Waals surface area contributed by atoms with E-state index in [4.69, 9.17) is 14.2 Å². The summed E-state index contributed by atoms with van der Waals surface area (Å²) >= 11 is 0. The highest BCUT2D eigenvalue weighted by molar-refractivity contribution is 5.99. The molecule has 3 rings (SSSR count). The van der Waals surface area contributed by atoms with Crippen LogP contribution in [-0.2, 0) is 11.3 Å². The normalized spacial score (nSPS) is 16.1. The largest absolute Gasteiger partial charge is 0.493 e. The second kappa shape index (κ2) is 7.98. The van der Waals surface area contributed by atoms with Gasteiger partial charge in [0.25, 0.3) is 0 Å². The number of aromatic nitrogens is 2. The molecule has 1 aromatic carbocycles. The first-order valence-electron chi connectivity index (χ1n) is 8.73. The molecule has 2 heterocycles. The lowest BCUT2D eigenvalue weighted by Gasteiger charge is -2.36. The molecule has 1 fully saturated rings. The van der Waals surface area contributed by atoms with E-state index in [1.807, 2.05) is 4.57 Å². The van der Waals surface area contributed by atoms with E-state index in [2.05, 4.69) is 4.98 Å². The van der Waals surface area contributed by atoms with Gasteiger partial charge in [-0.25, -0.2) is 9.78 Å². The van der Waals surface area contributed by atoms with Gasteiger partial charge in [-0.3, -0.25) is 0 Å². The fourth-order valence-corrected chi connectivity index (χ4v) is 3.54. The summed E-state index contributed by atoms with van der Waals surface area (Å²) in [5.74, 6) is -0.126. The van der Waals surface area contributed by atoms with Crippen LogP contribution in [0.2, 0.25) is 0 Å². The number of hydrogen-bond donors (Lipinski definition) is 2. The predicted molar refractivity (Wildman–Crippen MR) is 97.3 cm³/mol. The molecule has 0 aliphatic carbocycles. The maximum atomic E-state index is 12.0. The average Bonchev–Trinajstić information content (AvgIpc) is 3.14. The molecule has 27 heavy (non-hydrogen) atoms. The standard InChI is InChI=1S/C19H24N2O6/c1-25-14-4-3-13(15(18(23)24)16(14)26-2)17-20-7-8-21(17)11-19(12-22)5-9-27-10-6-19/h3-4,7-8,22H,5-6,9-12H2,1-2H3,(H,23,24). The number of rotatable bonds is 7. The third-order valence-corrected chi connectivity index (χ3v) is 5.11. The lowest BCUT2D eigenvalue weighted by molar-refractivity contribution is -0.0250. The van der Waals surface area contributed by atoms with E-state index in [0.29, 0.717) is 36.9 Å². The number of nitrogens with zero attached hydrogens (tertiary/aromatic N) is 2. The molecule has 2 N–H and O–H groups in total. The van der Waals surface area contributed by atoms with E-state index in [1.54, 1.807) is 24.5 Å². The second-order valence-electron chi connectivity index (χ2n) is 6.68. The molecule has 1 saturated heterocycles. The minimum Gasteiger partial charge on any atom is -0.493 e. The quantitative estimate of drug-likeness (QED) is 0.762. The summed E-state index contributed by atoms with van der Waals surface area (Å²) in [5, 5.41) is 19.8. The molecule has 0 radical (unpaired) electrons. The van der Waals surface area contributed by atoms with Gasteiger partial charge in [-0.15, -0.1) is 0 Å². The Bertz CT molecular complexity index is 811. The molecule has 1 aliphatic rings. The second-order valence-corrected chi connectivity index (χ2v) is 6.68. The van der Waals surface area contributed by atoms with Crippen LogP contribution in [0, 0.1) is 5.41 Å². The van der Waals surface area contributed by atoms with Crippen LogP contribution >= 0.6 is 0 Å². The first-order valence-corrected chi connectivity index (χ1v) is 8.73. The zero-order valence-corrected chi connectivity index (χ0v) is 15.5. The summed E-state index contributed by atoms with van der Waals surface area (Å²) in [6.45, 7) is 1.75. The van der Waals surface area contributed by atoms with Crippen molar-refractivity contribution in [3.63, 3.8) is 0 Å². The zero-order valence-electron chi connectivity index (χ0n) is 15.5. The molecule has 146 valence electrons. The van der Waals surface area contributed by atoms with Crippen molar-refractivity contribution in [3.8, 4) is 22.9 Å².